The van der Waals surface area contributed by atoms with E-state index in [-0.39, 0.29) is 0 Å². The zero-order valence-corrected chi connectivity index (χ0v) is 6.82. The first kappa shape index (κ1) is 7.61. The molecule has 1 aromatic rings. The fourth-order valence-electron chi connectivity index (χ4n) is 0.656. The highest BCUT2D eigenvalue weighted by Crippen LogP contribution is 2.08. The summed E-state index contributed by atoms with van der Waals surface area (Å²) in [6.45, 7) is 2.16. The Morgan fingerprint density at radius 1 is 1.70 bits per heavy atom. The van der Waals surface area contributed by atoms with E-state index in [4.69, 9.17) is 0 Å². The number of hydrogen-bond donors (Lipinski definition) is 0. The molecule has 0 aromatic carbocycles. The zero-order chi connectivity index (χ0) is 7.23. The topological polar surface area (TPSA) is 12.9 Å². The maximum atomic E-state index is 3.90. The Hall–Kier alpha value is -0.500. The molecular weight excluding hydrogens is 142 g/mol. The van der Waals surface area contributed by atoms with Crippen molar-refractivity contribution in [3.05, 3.63) is 30.1 Å². The van der Waals surface area contributed by atoms with Gasteiger partial charge in [-0.25, -0.2) is 0 Å². The molecule has 0 unspecified atom stereocenters. The molecule has 1 rings (SSSR count). The molecule has 0 spiro atoms. The van der Waals surface area contributed by atoms with Crippen molar-refractivity contribution in [2.24, 2.45) is 0 Å². The molecule has 0 saturated carbocycles. The Morgan fingerprint density at radius 3 is 3.20 bits per heavy atom. The molecular formula is C8H10NS. The zero-order valence-electron chi connectivity index (χ0n) is 6.00. The van der Waals surface area contributed by atoms with E-state index in [2.05, 4.69) is 24.2 Å². The summed E-state index contributed by atoms with van der Waals surface area (Å²) in [4.78, 5) is 3.90. The monoisotopic (exact) mass is 152 g/mol. The van der Waals surface area contributed by atoms with Gasteiger partial charge in [0, 0.05) is 11.9 Å². The van der Waals surface area contributed by atoms with Crippen molar-refractivity contribution < 1.29 is 0 Å². The average molecular weight is 152 g/mol. The standard InChI is InChI=1S/C8H10NS/c1-2-10-7-8-4-3-5-9-6-8/h3-4,6H,2,7H2,1H3. The predicted octanol–water partition coefficient (Wildman–Crippen LogP) is 2.13. The van der Waals surface area contributed by atoms with Crippen molar-refractivity contribution in [2.45, 2.75) is 12.7 Å². The molecule has 53 valence electrons. The lowest BCUT2D eigenvalue weighted by Gasteiger charge is -1.95. The number of aromatic nitrogens is 1. The molecule has 0 aliphatic heterocycles. The lowest BCUT2D eigenvalue weighted by molar-refractivity contribution is 1.24. The molecule has 1 radical (unpaired) electrons. The van der Waals surface area contributed by atoms with Crippen LogP contribution in [0.25, 0.3) is 0 Å². The molecule has 0 aliphatic carbocycles. The lowest BCUT2D eigenvalue weighted by Crippen LogP contribution is -1.81. The summed E-state index contributed by atoms with van der Waals surface area (Å²) in [5.74, 6) is 2.23. The van der Waals surface area contributed by atoms with Crippen LogP contribution in [0.1, 0.15) is 12.5 Å². The summed E-state index contributed by atoms with van der Waals surface area (Å²) in [5.41, 5.74) is 1.28. The number of nitrogens with zero attached hydrogens (tertiary/aromatic N) is 1. The number of rotatable bonds is 3. The summed E-state index contributed by atoms with van der Waals surface area (Å²) >= 11 is 1.91. The fraction of sp³-hybridized carbons (Fsp3) is 0.375. The number of thioether (sulfide) groups is 1. The summed E-state index contributed by atoms with van der Waals surface area (Å²) in [6, 6.07) is 3.90. The minimum Gasteiger partial charge on any atom is -0.254 e. The second-order valence-electron chi connectivity index (χ2n) is 1.93. The van der Waals surface area contributed by atoms with E-state index in [1.54, 1.807) is 0 Å². The first-order chi connectivity index (χ1) is 4.93. The van der Waals surface area contributed by atoms with Crippen LogP contribution in [0.5, 0.6) is 0 Å². The van der Waals surface area contributed by atoms with Crippen LogP contribution in [0, 0.1) is 6.20 Å². The number of hydrogen-bond acceptors (Lipinski definition) is 2. The molecule has 0 N–H and O–H groups in total. The van der Waals surface area contributed by atoms with E-state index in [9.17, 15) is 0 Å². The van der Waals surface area contributed by atoms with Crippen molar-refractivity contribution in [1.82, 2.24) is 4.98 Å². The van der Waals surface area contributed by atoms with Gasteiger partial charge in [-0.2, -0.15) is 11.8 Å². The molecule has 0 fully saturated rings. The van der Waals surface area contributed by atoms with Gasteiger partial charge in [0.25, 0.3) is 0 Å². The highest BCUT2D eigenvalue weighted by molar-refractivity contribution is 7.98. The third-order valence-electron chi connectivity index (χ3n) is 1.15. The molecule has 1 heterocycles. The van der Waals surface area contributed by atoms with Crippen LogP contribution in [0.2, 0.25) is 0 Å². The molecule has 0 amide bonds. The Morgan fingerprint density at radius 2 is 2.60 bits per heavy atom. The van der Waals surface area contributed by atoms with Crippen molar-refractivity contribution >= 4 is 11.8 Å². The largest absolute Gasteiger partial charge is 0.254 e. The van der Waals surface area contributed by atoms with Crippen molar-refractivity contribution in [3.8, 4) is 0 Å². The Balaban J connectivity index is 2.43. The van der Waals surface area contributed by atoms with Crippen LogP contribution in [0.15, 0.2) is 18.3 Å². The second kappa shape index (κ2) is 4.34. The van der Waals surface area contributed by atoms with Gasteiger partial charge >= 0.3 is 0 Å². The summed E-state index contributed by atoms with van der Waals surface area (Å²) in [7, 11) is 0. The van der Waals surface area contributed by atoms with E-state index in [0.29, 0.717) is 0 Å². The van der Waals surface area contributed by atoms with Gasteiger partial charge in [-0.15, -0.1) is 0 Å². The lowest BCUT2D eigenvalue weighted by atomic mass is 10.3. The van der Waals surface area contributed by atoms with Crippen molar-refractivity contribution in [1.29, 1.82) is 0 Å². The van der Waals surface area contributed by atoms with Gasteiger partial charge in [0.15, 0.2) is 0 Å². The summed E-state index contributed by atoms with van der Waals surface area (Å²) in [5, 5.41) is 0. The maximum absolute atomic E-state index is 3.90. The Bertz CT molecular complexity index is 174. The fourth-order valence-corrected chi connectivity index (χ4v) is 1.27. The highest BCUT2D eigenvalue weighted by atomic mass is 32.2. The third-order valence-corrected chi connectivity index (χ3v) is 2.10. The van der Waals surface area contributed by atoms with Crippen LogP contribution >= 0.6 is 11.8 Å². The average Bonchev–Trinajstić information content (AvgIpc) is 2.03. The molecule has 0 atom stereocenters. The maximum Gasteiger partial charge on any atom is 0.0886 e. The third kappa shape index (κ3) is 2.40. The van der Waals surface area contributed by atoms with Crippen molar-refractivity contribution in [2.75, 3.05) is 5.75 Å². The quantitative estimate of drug-likeness (QED) is 0.658. The van der Waals surface area contributed by atoms with E-state index >= 15 is 0 Å². The van der Waals surface area contributed by atoms with Gasteiger partial charge in [0.1, 0.15) is 0 Å². The second-order valence-corrected chi connectivity index (χ2v) is 3.21. The highest BCUT2D eigenvalue weighted by Gasteiger charge is 1.88. The van der Waals surface area contributed by atoms with Crippen LogP contribution in [-0.2, 0) is 5.75 Å². The molecule has 0 saturated heterocycles. The smallest absolute Gasteiger partial charge is 0.0886 e. The summed E-state index contributed by atoms with van der Waals surface area (Å²) in [6.07, 6.45) is 4.61. The summed E-state index contributed by atoms with van der Waals surface area (Å²) < 4.78 is 0. The van der Waals surface area contributed by atoms with Crippen LogP contribution < -0.4 is 0 Å². The Kier molecular flexibility index (Phi) is 3.30. The van der Waals surface area contributed by atoms with E-state index in [1.165, 1.54) is 11.3 Å². The molecule has 1 nitrogen and oxygen atoms in total. The minimum atomic E-state index is 1.07. The normalized spacial score (nSPS) is 9.70. The van der Waals surface area contributed by atoms with Crippen molar-refractivity contribution in [3.63, 3.8) is 0 Å². The molecule has 0 bridgehead atoms. The molecule has 0 aliphatic rings. The van der Waals surface area contributed by atoms with Gasteiger partial charge < -0.3 is 0 Å². The Labute approximate surface area is 65.9 Å². The molecule has 2 heteroatoms. The molecule has 1 aromatic heterocycles. The van der Waals surface area contributed by atoms with Gasteiger partial charge in [-0.3, -0.25) is 4.98 Å². The number of pyridine rings is 1. The van der Waals surface area contributed by atoms with Gasteiger partial charge in [-0.1, -0.05) is 13.0 Å². The van der Waals surface area contributed by atoms with Crippen LogP contribution in [-0.4, -0.2) is 10.7 Å². The first-order valence-electron chi connectivity index (χ1n) is 3.32. The van der Waals surface area contributed by atoms with E-state index < -0.39 is 0 Å². The minimum absolute atomic E-state index is 1.07. The van der Waals surface area contributed by atoms with E-state index in [0.717, 1.165) is 5.75 Å². The van der Waals surface area contributed by atoms with Gasteiger partial charge in [0.2, 0.25) is 0 Å². The predicted molar refractivity (Wildman–Crippen MR) is 44.9 cm³/mol. The van der Waals surface area contributed by atoms with Gasteiger partial charge in [-0.05, 0) is 17.4 Å². The van der Waals surface area contributed by atoms with E-state index in [1.807, 2.05) is 24.0 Å². The van der Waals surface area contributed by atoms with Crippen LogP contribution in [0.4, 0.5) is 0 Å². The molecule has 10 heavy (non-hydrogen) atoms. The van der Waals surface area contributed by atoms with Gasteiger partial charge in [0.05, 0.1) is 6.20 Å². The van der Waals surface area contributed by atoms with Crippen LogP contribution in [0.3, 0.4) is 0 Å². The SMILES string of the molecule is CCSCc1cc[c]nc1. The first-order valence-corrected chi connectivity index (χ1v) is 4.47.